The van der Waals surface area contributed by atoms with Crippen LogP contribution in [-0.4, -0.2) is 59.1 Å². The van der Waals surface area contributed by atoms with Gasteiger partial charge in [-0.3, -0.25) is 4.79 Å². The van der Waals surface area contributed by atoms with Crippen molar-refractivity contribution in [3.63, 3.8) is 0 Å². The summed E-state index contributed by atoms with van der Waals surface area (Å²) in [6.07, 6.45) is 1.17. The molecule has 0 bridgehead atoms. The van der Waals surface area contributed by atoms with Gasteiger partial charge in [0.2, 0.25) is 15.9 Å². The number of carbonyl (C=O) groups excluding carboxylic acids is 1. The van der Waals surface area contributed by atoms with Crippen molar-refractivity contribution >= 4 is 15.9 Å². The van der Waals surface area contributed by atoms with Crippen LogP contribution in [0, 0.1) is 6.92 Å². The summed E-state index contributed by atoms with van der Waals surface area (Å²) in [5.74, 6) is 0.272. The molecule has 0 unspecified atom stereocenters. The highest BCUT2D eigenvalue weighted by Gasteiger charge is 2.27. The third kappa shape index (κ3) is 6.83. The Labute approximate surface area is 179 Å². The molecule has 1 amide bonds. The second kappa shape index (κ2) is 11.7. The van der Waals surface area contributed by atoms with Crippen molar-refractivity contribution in [3.8, 4) is 5.75 Å². The SMILES string of the molecule is COCCCNC(=O)CN(CCc1ccccc1)S(=O)(=O)c1ccc(OC)c(C)c1. The Morgan fingerprint density at radius 3 is 2.47 bits per heavy atom. The predicted molar refractivity (Wildman–Crippen MR) is 116 cm³/mol. The van der Waals surface area contributed by atoms with Crippen molar-refractivity contribution < 1.29 is 22.7 Å². The number of methoxy groups -OCH3 is 2. The van der Waals surface area contributed by atoms with Crippen molar-refractivity contribution in [2.24, 2.45) is 0 Å². The fourth-order valence-corrected chi connectivity index (χ4v) is 4.49. The van der Waals surface area contributed by atoms with Gasteiger partial charge in [0.25, 0.3) is 0 Å². The van der Waals surface area contributed by atoms with Gasteiger partial charge in [0.05, 0.1) is 18.6 Å². The molecule has 0 aliphatic heterocycles. The molecule has 2 aromatic carbocycles. The highest BCUT2D eigenvalue weighted by atomic mass is 32.2. The standard InChI is InChI=1S/C22H30N2O5S/c1-18-16-20(10-11-21(18)29-3)30(26,27)24(14-12-19-8-5-4-6-9-19)17-22(25)23-13-7-15-28-2/h4-6,8-11,16H,7,12-15,17H2,1-3H3,(H,23,25). The van der Waals surface area contributed by atoms with Crippen LogP contribution >= 0.6 is 0 Å². The minimum Gasteiger partial charge on any atom is -0.496 e. The molecule has 8 heteroatoms. The van der Waals surface area contributed by atoms with Crippen LogP contribution in [0.4, 0.5) is 0 Å². The molecule has 2 rings (SSSR count). The molecule has 0 aromatic heterocycles. The topological polar surface area (TPSA) is 84.9 Å². The van der Waals surface area contributed by atoms with Gasteiger partial charge in [-0.1, -0.05) is 30.3 Å². The second-order valence-electron chi connectivity index (χ2n) is 6.90. The highest BCUT2D eigenvalue weighted by molar-refractivity contribution is 7.89. The van der Waals surface area contributed by atoms with Gasteiger partial charge in [-0.2, -0.15) is 4.31 Å². The third-order valence-corrected chi connectivity index (χ3v) is 6.51. The van der Waals surface area contributed by atoms with E-state index in [1.165, 1.54) is 17.5 Å². The summed E-state index contributed by atoms with van der Waals surface area (Å²) in [6.45, 7) is 2.70. The van der Waals surface area contributed by atoms with Crippen molar-refractivity contribution in [2.75, 3.05) is 40.5 Å². The van der Waals surface area contributed by atoms with E-state index in [0.29, 0.717) is 37.3 Å². The largest absolute Gasteiger partial charge is 0.496 e. The lowest BCUT2D eigenvalue weighted by Gasteiger charge is -2.22. The molecule has 0 heterocycles. The fraction of sp³-hybridized carbons (Fsp3) is 0.409. The maximum Gasteiger partial charge on any atom is 0.243 e. The normalized spacial score (nSPS) is 11.5. The summed E-state index contributed by atoms with van der Waals surface area (Å²) >= 11 is 0. The Morgan fingerprint density at radius 2 is 1.83 bits per heavy atom. The molecular formula is C22H30N2O5S. The molecule has 0 spiro atoms. The lowest BCUT2D eigenvalue weighted by Crippen LogP contribution is -2.42. The van der Waals surface area contributed by atoms with Crippen LogP contribution < -0.4 is 10.1 Å². The number of rotatable bonds is 12. The van der Waals surface area contributed by atoms with Crippen LogP contribution in [-0.2, 0) is 26.0 Å². The summed E-state index contributed by atoms with van der Waals surface area (Å²) in [4.78, 5) is 12.5. The average Bonchev–Trinajstić information content (AvgIpc) is 2.74. The van der Waals surface area contributed by atoms with Gasteiger partial charge in [0.1, 0.15) is 5.75 Å². The molecule has 0 atom stereocenters. The molecule has 0 fully saturated rings. The zero-order chi connectivity index (χ0) is 22.0. The van der Waals surface area contributed by atoms with Crippen LogP contribution in [0.1, 0.15) is 17.5 Å². The van der Waals surface area contributed by atoms with E-state index in [4.69, 9.17) is 9.47 Å². The fourth-order valence-electron chi connectivity index (χ4n) is 3.00. The molecule has 0 aliphatic carbocycles. The number of ether oxygens (including phenoxy) is 2. The van der Waals surface area contributed by atoms with Gasteiger partial charge in [-0.25, -0.2) is 8.42 Å². The zero-order valence-corrected chi connectivity index (χ0v) is 18.6. The first-order chi connectivity index (χ1) is 14.4. The lowest BCUT2D eigenvalue weighted by atomic mass is 10.1. The first-order valence-electron chi connectivity index (χ1n) is 9.83. The minimum absolute atomic E-state index is 0.140. The van der Waals surface area contributed by atoms with Gasteiger partial charge >= 0.3 is 0 Å². The van der Waals surface area contributed by atoms with Gasteiger partial charge in [-0.05, 0) is 49.1 Å². The van der Waals surface area contributed by atoms with E-state index >= 15 is 0 Å². The quantitative estimate of drug-likeness (QED) is 0.519. The van der Waals surface area contributed by atoms with E-state index in [0.717, 1.165) is 5.56 Å². The number of amides is 1. The maximum absolute atomic E-state index is 13.3. The maximum atomic E-state index is 13.3. The summed E-state index contributed by atoms with van der Waals surface area (Å²) < 4.78 is 38.0. The monoisotopic (exact) mass is 434 g/mol. The van der Waals surface area contributed by atoms with E-state index in [9.17, 15) is 13.2 Å². The van der Waals surface area contributed by atoms with Crippen LogP contribution in [0.25, 0.3) is 0 Å². The molecule has 7 nitrogen and oxygen atoms in total. The van der Waals surface area contributed by atoms with Crippen molar-refractivity contribution in [1.82, 2.24) is 9.62 Å². The molecule has 0 saturated heterocycles. The molecule has 0 saturated carbocycles. The Morgan fingerprint density at radius 1 is 1.10 bits per heavy atom. The minimum atomic E-state index is -3.86. The van der Waals surface area contributed by atoms with E-state index in [2.05, 4.69) is 5.32 Å². The van der Waals surface area contributed by atoms with E-state index in [1.807, 2.05) is 30.3 Å². The van der Waals surface area contributed by atoms with E-state index in [-0.39, 0.29) is 23.9 Å². The van der Waals surface area contributed by atoms with Crippen molar-refractivity contribution in [1.29, 1.82) is 0 Å². The number of carbonyl (C=O) groups is 1. The Balaban J connectivity index is 2.19. The summed E-state index contributed by atoms with van der Waals surface area (Å²) in [5, 5.41) is 2.75. The zero-order valence-electron chi connectivity index (χ0n) is 17.8. The first kappa shape index (κ1) is 23.9. The Bertz CT molecular complexity index is 916. The van der Waals surface area contributed by atoms with E-state index in [1.54, 1.807) is 26.2 Å². The highest BCUT2D eigenvalue weighted by Crippen LogP contribution is 2.24. The molecule has 1 N–H and O–H groups in total. The molecule has 30 heavy (non-hydrogen) atoms. The summed E-state index contributed by atoms with van der Waals surface area (Å²) in [6, 6.07) is 14.3. The molecule has 0 aliphatic rings. The van der Waals surface area contributed by atoms with Gasteiger partial charge in [-0.15, -0.1) is 0 Å². The van der Waals surface area contributed by atoms with Crippen molar-refractivity contribution in [2.45, 2.75) is 24.7 Å². The Kier molecular flexibility index (Phi) is 9.29. The van der Waals surface area contributed by atoms with Crippen LogP contribution in [0.3, 0.4) is 0 Å². The van der Waals surface area contributed by atoms with Gasteiger partial charge in [0, 0.05) is 26.8 Å². The molecular weight excluding hydrogens is 404 g/mol. The number of benzene rings is 2. The van der Waals surface area contributed by atoms with E-state index < -0.39 is 10.0 Å². The lowest BCUT2D eigenvalue weighted by molar-refractivity contribution is -0.121. The number of nitrogens with one attached hydrogen (secondary N) is 1. The average molecular weight is 435 g/mol. The molecule has 2 aromatic rings. The Hall–Kier alpha value is -2.42. The molecule has 164 valence electrons. The van der Waals surface area contributed by atoms with Gasteiger partial charge in [0.15, 0.2) is 0 Å². The van der Waals surface area contributed by atoms with Crippen molar-refractivity contribution in [3.05, 3.63) is 59.7 Å². The number of aryl methyl sites for hydroxylation is 1. The van der Waals surface area contributed by atoms with Crippen LogP contribution in [0.15, 0.2) is 53.4 Å². The summed E-state index contributed by atoms with van der Waals surface area (Å²) in [5.41, 5.74) is 1.72. The molecule has 0 radical (unpaired) electrons. The number of hydrogen-bond donors (Lipinski definition) is 1. The van der Waals surface area contributed by atoms with Gasteiger partial charge < -0.3 is 14.8 Å². The smallest absolute Gasteiger partial charge is 0.243 e. The number of hydrogen-bond acceptors (Lipinski definition) is 5. The predicted octanol–water partition coefficient (Wildman–Crippen LogP) is 2.39. The first-order valence-corrected chi connectivity index (χ1v) is 11.3. The number of sulfonamides is 1. The summed E-state index contributed by atoms with van der Waals surface area (Å²) in [7, 11) is -0.725. The third-order valence-electron chi connectivity index (χ3n) is 4.66. The number of nitrogens with zero attached hydrogens (tertiary/aromatic N) is 1. The second-order valence-corrected chi connectivity index (χ2v) is 8.84. The van der Waals surface area contributed by atoms with Crippen LogP contribution in [0.2, 0.25) is 0 Å². The van der Waals surface area contributed by atoms with Crippen LogP contribution in [0.5, 0.6) is 5.75 Å².